The van der Waals surface area contributed by atoms with Gasteiger partial charge in [0, 0.05) is 25.6 Å². The quantitative estimate of drug-likeness (QED) is 0.223. The van der Waals surface area contributed by atoms with Crippen molar-refractivity contribution in [1.29, 1.82) is 0 Å². The highest BCUT2D eigenvalue weighted by molar-refractivity contribution is 6.23. The summed E-state index contributed by atoms with van der Waals surface area (Å²) in [5.74, 6) is -2.01. The second kappa shape index (κ2) is 9.86. The maximum Gasteiger partial charge on any atom is 0.295 e. The molecule has 196 valence electrons. The van der Waals surface area contributed by atoms with E-state index in [-0.39, 0.29) is 28.9 Å². The van der Waals surface area contributed by atoms with Gasteiger partial charge in [-0.15, -0.1) is 0 Å². The number of hydrogen-bond acceptors (Lipinski definition) is 6. The van der Waals surface area contributed by atoms with Gasteiger partial charge in [-0.3, -0.25) is 38.9 Å². The second-order valence-corrected chi connectivity index (χ2v) is 9.10. The van der Waals surface area contributed by atoms with Crippen LogP contribution in [0.5, 0.6) is 0 Å². The Bertz CT molecular complexity index is 1650. The lowest BCUT2D eigenvalue weighted by Gasteiger charge is -2.25. The minimum Gasteiger partial charge on any atom is -0.318 e. The number of nitro groups is 1. The molecule has 1 aliphatic heterocycles. The van der Waals surface area contributed by atoms with Crippen molar-refractivity contribution in [3.05, 3.63) is 122 Å². The van der Waals surface area contributed by atoms with Crippen LogP contribution >= 0.6 is 0 Å². The van der Waals surface area contributed by atoms with Crippen molar-refractivity contribution in [2.24, 2.45) is 7.05 Å². The Morgan fingerprint density at radius 1 is 0.897 bits per heavy atom. The van der Waals surface area contributed by atoms with Crippen LogP contribution in [0.2, 0.25) is 0 Å². The van der Waals surface area contributed by atoms with E-state index in [1.54, 1.807) is 55.1 Å². The average molecular weight is 526 g/mol. The second-order valence-electron chi connectivity index (χ2n) is 9.10. The van der Waals surface area contributed by atoms with E-state index >= 15 is 0 Å². The van der Waals surface area contributed by atoms with Gasteiger partial charge in [0.15, 0.2) is 0 Å². The summed E-state index contributed by atoms with van der Waals surface area (Å²) < 4.78 is 3.00. The Morgan fingerprint density at radius 2 is 1.46 bits per heavy atom. The first-order chi connectivity index (χ1) is 18.7. The van der Waals surface area contributed by atoms with Crippen LogP contribution in [0, 0.1) is 17.0 Å². The molecule has 2 heterocycles. The minimum atomic E-state index is -1.33. The molecule has 1 unspecified atom stereocenters. The number of rotatable bonds is 7. The fraction of sp³-hybridized carbons (Fsp3) is 0.143. The molecule has 0 aliphatic carbocycles. The van der Waals surface area contributed by atoms with Gasteiger partial charge in [-0.05, 0) is 36.8 Å². The summed E-state index contributed by atoms with van der Waals surface area (Å²) in [6.07, 6.45) is -0.117. The van der Waals surface area contributed by atoms with Gasteiger partial charge in [0.1, 0.15) is 11.7 Å². The van der Waals surface area contributed by atoms with Crippen molar-refractivity contribution < 1.29 is 19.3 Å². The van der Waals surface area contributed by atoms with Crippen LogP contribution in [0.15, 0.2) is 83.7 Å². The summed E-state index contributed by atoms with van der Waals surface area (Å²) >= 11 is 0. The number of anilines is 1. The van der Waals surface area contributed by atoms with Gasteiger partial charge in [-0.1, -0.05) is 42.5 Å². The Kier molecular flexibility index (Phi) is 6.40. The number of nitro benzene ring substituents is 1. The van der Waals surface area contributed by atoms with Crippen LogP contribution in [0.3, 0.4) is 0 Å². The molecule has 0 saturated carbocycles. The van der Waals surface area contributed by atoms with E-state index in [0.717, 1.165) is 4.90 Å². The number of hydrogen-bond donors (Lipinski definition) is 1. The van der Waals surface area contributed by atoms with E-state index in [0.29, 0.717) is 16.9 Å². The SMILES string of the molecule is Cc1c(NC(=O)C(Cc2ccc([N+](=O)[O-])cc2)N2C(=O)c3ccccc3C2=O)c(=O)n(-c2ccccc2)n1C. The van der Waals surface area contributed by atoms with Gasteiger partial charge in [-0.25, -0.2) is 4.68 Å². The Balaban J connectivity index is 1.53. The molecule has 3 amide bonds. The molecule has 5 rings (SSSR count). The summed E-state index contributed by atoms with van der Waals surface area (Å²) in [4.78, 5) is 65.1. The molecule has 0 saturated heterocycles. The Labute approximate surface area is 222 Å². The number of carbonyl (C=O) groups excluding carboxylic acids is 3. The molecule has 39 heavy (non-hydrogen) atoms. The molecule has 1 N–H and O–H groups in total. The maximum absolute atomic E-state index is 13.8. The van der Waals surface area contributed by atoms with Crippen molar-refractivity contribution in [1.82, 2.24) is 14.3 Å². The predicted octanol–water partition coefficient (Wildman–Crippen LogP) is 3.24. The van der Waals surface area contributed by atoms with Gasteiger partial charge in [0.25, 0.3) is 23.1 Å². The number of nitrogens with zero attached hydrogens (tertiary/aromatic N) is 4. The summed E-state index contributed by atoms with van der Waals surface area (Å²) in [5, 5.41) is 13.7. The zero-order valence-electron chi connectivity index (χ0n) is 21.0. The highest BCUT2D eigenvalue weighted by Crippen LogP contribution is 2.27. The third kappa shape index (κ3) is 4.39. The highest BCUT2D eigenvalue weighted by Gasteiger charge is 2.43. The molecule has 0 fully saturated rings. The summed E-state index contributed by atoms with van der Waals surface area (Å²) in [7, 11) is 1.68. The number of amides is 3. The van der Waals surface area contributed by atoms with Crippen LogP contribution in [0.4, 0.5) is 11.4 Å². The van der Waals surface area contributed by atoms with Gasteiger partial charge in [-0.2, -0.15) is 0 Å². The predicted molar refractivity (Wildman–Crippen MR) is 142 cm³/mol. The monoisotopic (exact) mass is 525 g/mol. The third-order valence-electron chi connectivity index (χ3n) is 6.82. The van der Waals surface area contributed by atoms with Crippen molar-refractivity contribution in [2.75, 3.05) is 5.32 Å². The van der Waals surface area contributed by atoms with Gasteiger partial charge < -0.3 is 5.32 Å². The number of para-hydroxylation sites is 1. The normalized spacial score (nSPS) is 13.3. The number of nitrogens with one attached hydrogen (secondary N) is 1. The lowest BCUT2D eigenvalue weighted by Crippen LogP contribution is -2.49. The van der Waals surface area contributed by atoms with E-state index in [2.05, 4.69) is 5.32 Å². The summed E-state index contributed by atoms with van der Waals surface area (Å²) in [6, 6.07) is 19.3. The smallest absolute Gasteiger partial charge is 0.295 e. The average Bonchev–Trinajstić information content (AvgIpc) is 3.31. The van der Waals surface area contributed by atoms with Gasteiger partial charge in [0.05, 0.1) is 27.4 Å². The molecule has 0 spiro atoms. The standard InChI is InChI=1S/C28H23N5O6/c1-17-24(28(37)32(30(17)2)19-8-4-3-5-9-19)29-25(34)23(16-18-12-14-20(15-13-18)33(38)39)31-26(35)21-10-6-7-11-22(21)27(31)36/h3-15,23H,16H2,1-2H3,(H,29,34). The summed E-state index contributed by atoms with van der Waals surface area (Å²) in [6.45, 7) is 1.67. The lowest BCUT2D eigenvalue weighted by molar-refractivity contribution is -0.384. The van der Waals surface area contributed by atoms with E-state index in [1.165, 1.54) is 41.1 Å². The van der Waals surface area contributed by atoms with Crippen LogP contribution in [-0.4, -0.2) is 43.0 Å². The molecular weight excluding hydrogens is 502 g/mol. The molecular formula is C28H23N5O6. The largest absolute Gasteiger partial charge is 0.318 e. The number of aromatic nitrogens is 2. The van der Waals surface area contributed by atoms with E-state index in [9.17, 15) is 29.3 Å². The molecule has 0 radical (unpaired) electrons. The molecule has 11 heteroatoms. The van der Waals surface area contributed by atoms with Crippen LogP contribution < -0.4 is 10.9 Å². The number of imide groups is 1. The topological polar surface area (TPSA) is 137 Å². The Hall–Kier alpha value is -5.32. The van der Waals surface area contributed by atoms with Crippen molar-refractivity contribution >= 4 is 29.1 Å². The minimum absolute atomic E-state index is 0.0108. The first-order valence-corrected chi connectivity index (χ1v) is 12.0. The van der Waals surface area contributed by atoms with Crippen LogP contribution in [-0.2, 0) is 18.3 Å². The molecule has 1 atom stereocenters. The fourth-order valence-corrected chi connectivity index (χ4v) is 4.69. The van der Waals surface area contributed by atoms with Crippen LogP contribution in [0.1, 0.15) is 32.0 Å². The molecule has 4 aromatic rings. The molecule has 11 nitrogen and oxygen atoms in total. The third-order valence-corrected chi connectivity index (χ3v) is 6.82. The number of non-ortho nitro benzene ring substituents is 1. The molecule has 3 aromatic carbocycles. The van der Waals surface area contributed by atoms with E-state index in [4.69, 9.17) is 0 Å². The maximum atomic E-state index is 13.8. The number of fused-ring (bicyclic) bond motifs is 1. The van der Waals surface area contributed by atoms with Gasteiger partial charge in [0.2, 0.25) is 5.91 Å². The van der Waals surface area contributed by atoms with E-state index < -0.39 is 34.2 Å². The van der Waals surface area contributed by atoms with Crippen LogP contribution in [0.25, 0.3) is 5.69 Å². The van der Waals surface area contributed by atoms with E-state index in [1.807, 2.05) is 6.07 Å². The fourth-order valence-electron chi connectivity index (χ4n) is 4.69. The summed E-state index contributed by atoms with van der Waals surface area (Å²) in [5.41, 5.74) is 1.29. The van der Waals surface area contributed by atoms with Crippen molar-refractivity contribution in [2.45, 2.75) is 19.4 Å². The Morgan fingerprint density at radius 3 is 2.03 bits per heavy atom. The van der Waals surface area contributed by atoms with Crippen molar-refractivity contribution in [3.63, 3.8) is 0 Å². The zero-order valence-corrected chi connectivity index (χ0v) is 21.0. The molecule has 1 aromatic heterocycles. The number of benzene rings is 3. The van der Waals surface area contributed by atoms with Gasteiger partial charge >= 0.3 is 0 Å². The molecule has 1 aliphatic rings. The number of carbonyl (C=O) groups is 3. The zero-order chi connectivity index (χ0) is 27.8. The molecule has 0 bridgehead atoms. The first-order valence-electron chi connectivity index (χ1n) is 12.0. The first kappa shape index (κ1) is 25.3. The lowest BCUT2D eigenvalue weighted by atomic mass is 10.0. The highest BCUT2D eigenvalue weighted by atomic mass is 16.6. The van der Waals surface area contributed by atoms with Crippen molar-refractivity contribution in [3.8, 4) is 5.69 Å².